The van der Waals surface area contributed by atoms with Crippen LogP contribution in [0.15, 0.2) is 0 Å². The molecule has 0 aliphatic heterocycles. The van der Waals surface area contributed by atoms with E-state index in [4.69, 9.17) is 4.74 Å². The summed E-state index contributed by atoms with van der Waals surface area (Å²) in [6.45, 7) is 5.04. The summed E-state index contributed by atoms with van der Waals surface area (Å²) >= 11 is 0. The van der Waals surface area contributed by atoms with Gasteiger partial charge in [-0.05, 0) is 25.7 Å². The molecule has 0 saturated carbocycles. The lowest BCUT2D eigenvalue weighted by atomic mass is 10.0. The Kier molecular flexibility index (Phi) is 85.2. The largest absolute Gasteiger partial charge is 0.466 e. The van der Waals surface area contributed by atoms with E-state index in [0.717, 1.165) is 38.5 Å². The summed E-state index contributed by atoms with van der Waals surface area (Å²) in [6.07, 6.45) is 110. The minimum atomic E-state index is -0.661. The van der Waals surface area contributed by atoms with E-state index in [2.05, 4.69) is 19.2 Å². The van der Waals surface area contributed by atoms with Crippen LogP contribution in [0.3, 0.4) is 0 Å². The third-order valence-corrected chi connectivity index (χ3v) is 21.9. The van der Waals surface area contributed by atoms with Crippen LogP contribution in [0, 0.1) is 0 Å². The maximum Gasteiger partial charge on any atom is 0.305 e. The molecule has 0 rings (SSSR count). The highest BCUT2D eigenvalue weighted by Crippen LogP contribution is 2.22. The zero-order chi connectivity index (χ0) is 69.1. The minimum Gasteiger partial charge on any atom is -0.466 e. The number of carbonyl (C=O) groups excluding carboxylic acids is 2. The molecule has 6 heteroatoms. The number of hydrogen-bond donors (Lipinski definition) is 3. The molecule has 0 aromatic carbocycles. The molecule has 96 heavy (non-hydrogen) atoms. The van der Waals surface area contributed by atoms with E-state index in [1.807, 2.05) is 0 Å². The molecule has 3 N–H and O–H groups in total. The Balaban J connectivity index is 3.29. The van der Waals surface area contributed by atoms with Crippen molar-refractivity contribution >= 4 is 11.9 Å². The monoisotopic (exact) mass is 1350 g/mol. The minimum absolute atomic E-state index is 0.0222. The van der Waals surface area contributed by atoms with Gasteiger partial charge in [0.15, 0.2) is 0 Å². The Morgan fingerprint density at radius 3 is 0.635 bits per heavy atom. The lowest BCUT2D eigenvalue weighted by molar-refractivity contribution is -0.143. The maximum atomic E-state index is 12.6. The number of aliphatic hydroxyl groups excluding tert-OH is 2. The van der Waals surface area contributed by atoms with Crippen LogP contribution in [-0.4, -0.2) is 47.4 Å². The van der Waals surface area contributed by atoms with Crippen LogP contribution in [0.1, 0.15) is 540 Å². The van der Waals surface area contributed by atoms with E-state index < -0.39 is 12.1 Å². The molecule has 0 saturated heterocycles. The van der Waals surface area contributed by atoms with Crippen LogP contribution >= 0.6 is 0 Å². The number of rotatable bonds is 87. The number of aliphatic hydroxyl groups is 2. The van der Waals surface area contributed by atoms with Gasteiger partial charge in [0.25, 0.3) is 0 Å². The van der Waals surface area contributed by atoms with Crippen molar-refractivity contribution in [3.05, 3.63) is 0 Å². The standard InChI is InChI=1S/C90H179NO5/c1-3-5-7-9-11-13-15-17-19-21-23-24-40-43-47-50-54-58-62-66-70-74-78-82-88(93)87(86-92)91-89(94)83-79-75-71-67-63-59-55-51-48-44-41-38-36-34-32-30-28-26-25-27-29-31-33-35-37-39-42-45-49-53-57-61-65-69-73-77-81-85-96-90(95)84-80-76-72-68-64-60-56-52-46-22-20-18-16-14-12-10-8-6-4-2/h87-88,92-93H,3-86H2,1-2H3,(H,91,94). The highest BCUT2D eigenvalue weighted by molar-refractivity contribution is 5.76. The number of nitrogens with one attached hydrogen (secondary N) is 1. The fourth-order valence-corrected chi connectivity index (χ4v) is 15.1. The Labute approximate surface area is 604 Å². The van der Waals surface area contributed by atoms with Crippen LogP contribution in [0.5, 0.6) is 0 Å². The Morgan fingerprint density at radius 2 is 0.427 bits per heavy atom. The predicted octanol–water partition coefficient (Wildman–Crippen LogP) is 30.4. The van der Waals surface area contributed by atoms with Gasteiger partial charge in [-0.3, -0.25) is 9.59 Å². The first kappa shape index (κ1) is 94.9. The number of esters is 1. The van der Waals surface area contributed by atoms with Crippen LogP contribution in [0.4, 0.5) is 0 Å². The zero-order valence-electron chi connectivity index (χ0n) is 66.2. The normalized spacial score (nSPS) is 12.3. The average molecular weight is 1360 g/mol. The first-order valence-corrected chi connectivity index (χ1v) is 45.3. The molecule has 0 heterocycles. The van der Waals surface area contributed by atoms with E-state index in [9.17, 15) is 19.8 Å². The summed E-state index contributed by atoms with van der Waals surface area (Å²) in [5.41, 5.74) is 0. The van der Waals surface area contributed by atoms with Gasteiger partial charge >= 0.3 is 5.97 Å². The van der Waals surface area contributed by atoms with Gasteiger partial charge in [0.1, 0.15) is 0 Å². The lowest BCUT2D eigenvalue weighted by Crippen LogP contribution is -2.45. The topological polar surface area (TPSA) is 95.9 Å². The SMILES string of the molecule is CCCCCCCCCCCCCCCCCCCCCCCCCC(O)C(CO)NC(=O)CCCCCCCCCCCCCCCCCCCCCCCCCCCCCCCCCCCCCCCOC(=O)CCCCCCCCCCCCCCCCCCCCC. The van der Waals surface area contributed by atoms with Crippen molar-refractivity contribution in [1.82, 2.24) is 5.32 Å². The fraction of sp³-hybridized carbons (Fsp3) is 0.978. The molecule has 0 aliphatic carbocycles. The van der Waals surface area contributed by atoms with Crippen LogP contribution in [0.2, 0.25) is 0 Å². The van der Waals surface area contributed by atoms with E-state index in [1.54, 1.807) is 0 Å². The highest BCUT2D eigenvalue weighted by Gasteiger charge is 2.20. The van der Waals surface area contributed by atoms with Gasteiger partial charge < -0.3 is 20.3 Å². The van der Waals surface area contributed by atoms with Gasteiger partial charge in [0.05, 0.1) is 25.4 Å². The Hall–Kier alpha value is -1.14. The number of unbranched alkanes of at least 4 members (excludes halogenated alkanes) is 76. The smallest absolute Gasteiger partial charge is 0.305 e. The first-order valence-electron chi connectivity index (χ1n) is 45.3. The van der Waals surface area contributed by atoms with E-state index in [1.165, 1.54) is 469 Å². The molecule has 0 spiro atoms. The van der Waals surface area contributed by atoms with Gasteiger partial charge in [0, 0.05) is 12.8 Å². The average Bonchev–Trinajstić information content (AvgIpc) is 3.77. The van der Waals surface area contributed by atoms with Gasteiger partial charge in [-0.15, -0.1) is 0 Å². The summed E-state index contributed by atoms with van der Waals surface area (Å²) in [5, 5.41) is 23.5. The molecule has 2 atom stereocenters. The number of amides is 1. The molecule has 1 amide bonds. The highest BCUT2D eigenvalue weighted by atomic mass is 16.5. The Morgan fingerprint density at radius 1 is 0.250 bits per heavy atom. The molecule has 0 aromatic heterocycles. The maximum absolute atomic E-state index is 12.6. The Bertz CT molecular complexity index is 1420. The van der Waals surface area contributed by atoms with Crippen molar-refractivity contribution in [2.24, 2.45) is 0 Å². The van der Waals surface area contributed by atoms with Crippen LogP contribution in [0.25, 0.3) is 0 Å². The zero-order valence-corrected chi connectivity index (χ0v) is 66.2. The summed E-state index contributed by atoms with van der Waals surface area (Å²) in [6, 6.07) is -0.538. The third kappa shape index (κ3) is 81.8. The second-order valence-electron chi connectivity index (χ2n) is 31.7. The predicted molar refractivity (Wildman–Crippen MR) is 426 cm³/mol. The van der Waals surface area contributed by atoms with Gasteiger partial charge in [-0.2, -0.15) is 0 Å². The summed E-state index contributed by atoms with van der Waals surface area (Å²) in [5.74, 6) is 0.00787. The van der Waals surface area contributed by atoms with Crippen molar-refractivity contribution in [2.75, 3.05) is 13.2 Å². The molecule has 0 bridgehead atoms. The molecule has 2 unspecified atom stereocenters. The van der Waals surface area contributed by atoms with E-state index >= 15 is 0 Å². The molecule has 6 nitrogen and oxygen atoms in total. The van der Waals surface area contributed by atoms with E-state index in [0.29, 0.717) is 25.9 Å². The van der Waals surface area contributed by atoms with Crippen molar-refractivity contribution in [2.45, 2.75) is 553 Å². The van der Waals surface area contributed by atoms with Gasteiger partial charge in [-0.25, -0.2) is 0 Å². The molecular weight excluding hydrogens is 1170 g/mol. The van der Waals surface area contributed by atoms with Gasteiger partial charge in [-0.1, -0.05) is 502 Å². The first-order chi connectivity index (χ1) is 47.5. The summed E-state index contributed by atoms with van der Waals surface area (Å²) in [7, 11) is 0. The summed E-state index contributed by atoms with van der Waals surface area (Å²) < 4.78 is 5.53. The molecule has 0 aromatic rings. The van der Waals surface area contributed by atoms with Crippen molar-refractivity contribution in [1.29, 1.82) is 0 Å². The molecule has 0 aliphatic rings. The van der Waals surface area contributed by atoms with E-state index in [-0.39, 0.29) is 18.5 Å². The molecule has 0 radical (unpaired) electrons. The molecular formula is C90H179NO5. The number of carbonyl (C=O) groups is 2. The second kappa shape index (κ2) is 86.3. The third-order valence-electron chi connectivity index (χ3n) is 21.9. The fourth-order valence-electron chi connectivity index (χ4n) is 15.1. The number of ether oxygens (including phenoxy) is 1. The second-order valence-corrected chi connectivity index (χ2v) is 31.7. The van der Waals surface area contributed by atoms with Crippen molar-refractivity contribution in [3.63, 3.8) is 0 Å². The van der Waals surface area contributed by atoms with Gasteiger partial charge in [0.2, 0.25) is 5.91 Å². The van der Waals surface area contributed by atoms with Crippen molar-refractivity contribution in [3.8, 4) is 0 Å². The number of hydrogen-bond acceptors (Lipinski definition) is 5. The van der Waals surface area contributed by atoms with Crippen molar-refractivity contribution < 1.29 is 24.5 Å². The molecule has 574 valence electrons. The van der Waals surface area contributed by atoms with Crippen LogP contribution < -0.4 is 5.32 Å². The summed E-state index contributed by atoms with van der Waals surface area (Å²) in [4.78, 5) is 24.7. The van der Waals surface area contributed by atoms with Crippen LogP contribution in [-0.2, 0) is 14.3 Å². The quantitative estimate of drug-likeness (QED) is 0.0417. The lowest BCUT2D eigenvalue weighted by Gasteiger charge is -2.22. The molecule has 0 fully saturated rings.